The maximum absolute atomic E-state index is 12.2. The summed E-state index contributed by atoms with van der Waals surface area (Å²) >= 11 is 0. The average Bonchev–Trinajstić information content (AvgIpc) is 4.16. The Labute approximate surface area is 415 Å². The topological polar surface area (TPSA) is 63.1 Å². The number of benzene rings is 4. The predicted molar refractivity (Wildman–Crippen MR) is 272 cm³/mol. The fourth-order valence-corrected chi connectivity index (χ4v) is 8.60. The molecule has 4 nitrogen and oxygen atoms in total. The smallest absolute Gasteiger partial charge is 0.164 e. The van der Waals surface area contributed by atoms with Gasteiger partial charge in [0, 0.05) is 53.5 Å². The van der Waals surface area contributed by atoms with E-state index in [4.69, 9.17) is 4.11 Å². The van der Waals surface area contributed by atoms with Crippen LogP contribution in [-0.2, 0) is 37.7 Å². The van der Waals surface area contributed by atoms with E-state index in [9.17, 15) is 9.90 Å². The van der Waals surface area contributed by atoms with Crippen molar-refractivity contribution in [3.8, 4) is 44.8 Å². The van der Waals surface area contributed by atoms with E-state index in [0.29, 0.717) is 5.92 Å². The molecule has 1 N–H and O–H groups in total. The van der Waals surface area contributed by atoms with Gasteiger partial charge in [-0.05, 0) is 84.9 Å². The molecule has 2 saturated carbocycles. The normalized spacial score (nSPS) is 15.7. The molecule has 66 heavy (non-hydrogen) atoms. The summed E-state index contributed by atoms with van der Waals surface area (Å²) in [5, 5.41) is 10.1. The molecule has 2 heterocycles. The second-order valence-electron chi connectivity index (χ2n) is 18.4. The molecule has 2 aliphatic carbocycles. The number of pyridine rings is 2. The fourth-order valence-electron chi connectivity index (χ4n) is 8.60. The summed E-state index contributed by atoms with van der Waals surface area (Å²) < 4.78 is 25.9. The summed E-state index contributed by atoms with van der Waals surface area (Å²) in [4.78, 5) is 21.2. The van der Waals surface area contributed by atoms with Gasteiger partial charge in [0.25, 0.3) is 0 Å². The Morgan fingerprint density at radius 1 is 0.621 bits per heavy atom. The molecule has 0 bridgehead atoms. The molecular formula is C61H72IrN2O2-2. The van der Waals surface area contributed by atoms with Crippen LogP contribution >= 0.6 is 0 Å². The zero-order chi connectivity index (χ0) is 48.7. The van der Waals surface area contributed by atoms with Crippen molar-refractivity contribution in [2.75, 3.05) is 0 Å². The minimum atomic E-state index is -1.30. The maximum atomic E-state index is 12.2. The van der Waals surface area contributed by atoms with Gasteiger partial charge in [-0.3, -0.25) is 4.79 Å². The van der Waals surface area contributed by atoms with Crippen molar-refractivity contribution in [3.05, 3.63) is 169 Å². The second kappa shape index (κ2) is 25.8. The number of ketones is 1. The third-order valence-corrected chi connectivity index (χ3v) is 14.1. The first-order chi connectivity index (χ1) is 32.7. The Balaban J connectivity index is 0.000000197. The molecule has 0 saturated heterocycles. The van der Waals surface area contributed by atoms with Crippen molar-refractivity contribution in [1.29, 1.82) is 0 Å². The van der Waals surface area contributed by atoms with Gasteiger partial charge in [0.2, 0.25) is 0 Å². The van der Waals surface area contributed by atoms with E-state index in [1.54, 1.807) is 6.20 Å². The van der Waals surface area contributed by atoms with Crippen molar-refractivity contribution in [2.24, 2.45) is 22.7 Å². The molecule has 349 valence electrons. The van der Waals surface area contributed by atoms with Crippen LogP contribution in [0.4, 0.5) is 0 Å². The molecule has 6 aromatic rings. The van der Waals surface area contributed by atoms with Gasteiger partial charge in [0.05, 0.1) is 0 Å². The standard InChI is InChI=1S/2C23H22N.C15H28O2.Ir/c2*1-2-9-20(10-3-1)21-11-6-12-22(17-21)23-16-19(13-14-24-23)15-18-7-4-5-8-18;1-7-14(5,8-2)12(16)11-13(17)15(6,9-3)10-4;/h2*1-3,6,9-11,13-14,16-18H,4-5,7-8,15H2;11,16H,7-10H2,1-6H3;/q2*-1;;/b;;12-11-;/i15D2;15D;;. The van der Waals surface area contributed by atoms with Crippen molar-refractivity contribution < 1.29 is 34.1 Å². The SMILES string of the molecule is CCC(C)(CC)C(=O)/C=C(\O)C(C)(CC)CC.[2H]C([2H])(c1ccnc(-c2[c-]ccc(-c3ccccc3)c2)c1)C1CCCC1.[2H]C(c1ccnc(-c2[c-]ccc(-c3ccccc3)c2)c1)C1CCCC1.[Ir]. The monoisotopic (exact) mass is 1060 g/mol. The van der Waals surface area contributed by atoms with Gasteiger partial charge in [-0.25, -0.2) is 0 Å². The number of rotatable bonds is 15. The minimum absolute atomic E-state index is 0. The van der Waals surface area contributed by atoms with Crippen LogP contribution in [-0.4, -0.2) is 20.9 Å². The van der Waals surface area contributed by atoms with Crippen LogP contribution in [0.3, 0.4) is 0 Å². The number of hydrogen-bond donors (Lipinski definition) is 1. The Bertz CT molecular complexity index is 2540. The number of aliphatic hydroxyl groups excluding tert-OH is 1. The van der Waals surface area contributed by atoms with Crippen molar-refractivity contribution in [3.63, 3.8) is 0 Å². The molecule has 4 aromatic carbocycles. The van der Waals surface area contributed by atoms with E-state index in [1.165, 1.54) is 42.9 Å². The Hall–Kier alpha value is -4.96. The van der Waals surface area contributed by atoms with E-state index in [1.807, 2.05) is 108 Å². The van der Waals surface area contributed by atoms with Gasteiger partial charge in [0.15, 0.2) is 5.78 Å². The molecular weight excluding hydrogens is 985 g/mol. The predicted octanol–water partition coefficient (Wildman–Crippen LogP) is 16.5. The Morgan fingerprint density at radius 3 is 1.53 bits per heavy atom. The van der Waals surface area contributed by atoms with E-state index in [-0.39, 0.29) is 54.8 Å². The van der Waals surface area contributed by atoms with Crippen molar-refractivity contribution >= 4 is 5.78 Å². The van der Waals surface area contributed by atoms with Crippen LogP contribution in [0.5, 0.6) is 0 Å². The minimum Gasteiger partial charge on any atom is -0.512 e. The van der Waals surface area contributed by atoms with Crippen LogP contribution < -0.4 is 0 Å². The molecule has 0 spiro atoms. The van der Waals surface area contributed by atoms with Gasteiger partial charge in [0.1, 0.15) is 5.76 Å². The van der Waals surface area contributed by atoms with E-state index >= 15 is 0 Å². The summed E-state index contributed by atoms with van der Waals surface area (Å²) in [6.45, 7) is 12.1. The Morgan fingerprint density at radius 2 is 1.06 bits per heavy atom. The first kappa shape index (κ1) is 47.5. The number of carbonyl (C=O) groups is 1. The molecule has 8 rings (SSSR count). The van der Waals surface area contributed by atoms with Crippen LogP contribution in [0.25, 0.3) is 44.8 Å². The summed E-state index contributed by atoms with van der Waals surface area (Å²) in [6, 6.07) is 47.2. The van der Waals surface area contributed by atoms with E-state index in [2.05, 4.69) is 82.8 Å². The van der Waals surface area contributed by atoms with Crippen molar-refractivity contribution in [2.45, 2.75) is 131 Å². The Kier molecular flexibility index (Phi) is 18.6. The van der Waals surface area contributed by atoms with Crippen molar-refractivity contribution in [1.82, 2.24) is 9.97 Å². The summed E-state index contributed by atoms with van der Waals surface area (Å²) in [5.74, 6) is 0.890. The van der Waals surface area contributed by atoms with Gasteiger partial charge in [-0.15, -0.1) is 70.8 Å². The summed E-state index contributed by atoms with van der Waals surface area (Å²) in [7, 11) is 0. The quantitative estimate of drug-likeness (QED) is 0.0632. The molecule has 2 fully saturated rings. The molecule has 0 amide bonds. The van der Waals surface area contributed by atoms with Crippen LogP contribution in [0, 0.1) is 34.8 Å². The first-order valence-corrected chi connectivity index (χ1v) is 24.2. The number of allylic oxidation sites excluding steroid dienone is 2. The van der Waals surface area contributed by atoms with Crippen LogP contribution in [0.2, 0.25) is 0 Å². The molecule has 1 unspecified atom stereocenters. The van der Waals surface area contributed by atoms with Gasteiger partial charge in [-0.2, -0.15) is 0 Å². The number of aromatic nitrogens is 2. The first-order valence-electron chi connectivity index (χ1n) is 25.8. The second-order valence-corrected chi connectivity index (χ2v) is 18.4. The zero-order valence-electron chi connectivity index (χ0n) is 43.1. The van der Waals surface area contributed by atoms with E-state index in [0.717, 1.165) is 96.1 Å². The number of aliphatic hydroxyl groups is 1. The third kappa shape index (κ3) is 14.5. The number of hydrogen-bond acceptors (Lipinski definition) is 4. The van der Waals surface area contributed by atoms with Crippen LogP contribution in [0.15, 0.2) is 146 Å². The van der Waals surface area contributed by atoms with E-state index < -0.39 is 6.37 Å². The molecule has 2 aliphatic rings. The largest absolute Gasteiger partial charge is 0.512 e. The average molecular weight is 1060 g/mol. The molecule has 1 radical (unpaired) electrons. The molecule has 2 aromatic heterocycles. The van der Waals surface area contributed by atoms with Crippen LogP contribution in [0.1, 0.15) is 134 Å². The fraction of sp³-hybridized carbons (Fsp3) is 0.393. The molecule has 5 heteroatoms. The molecule has 1 atom stereocenters. The third-order valence-electron chi connectivity index (χ3n) is 14.1. The van der Waals surface area contributed by atoms with Gasteiger partial charge < -0.3 is 15.1 Å². The zero-order valence-corrected chi connectivity index (χ0v) is 42.5. The summed E-state index contributed by atoms with van der Waals surface area (Å²) in [5.41, 5.74) is 9.41. The number of nitrogens with zero attached hydrogens (tertiary/aromatic N) is 2. The number of carbonyl (C=O) groups excluding carboxylic acids is 1. The van der Waals surface area contributed by atoms with Gasteiger partial charge >= 0.3 is 0 Å². The molecule has 0 aliphatic heterocycles. The maximum Gasteiger partial charge on any atom is 0.164 e. The summed E-state index contributed by atoms with van der Waals surface area (Å²) in [6.07, 6.45) is 16.0. The van der Waals surface area contributed by atoms with Gasteiger partial charge in [-0.1, -0.05) is 177 Å².